The van der Waals surface area contributed by atoms with Crippen LogP contribution in [-0.4, -0.2) is 24.8 Å². The molecule has 0 spiro atoms. The number of hydrogen-bond donors (Lipinski definition) is 1. The highest BCUT2D eigenvalue weighted by Crippen LogP contribution is 2.28. The summed E-state index contributed by atoms with van der Waals surface area (Å²) in [4.78, 5) is 10.1. The van der Waals surface area contributed by atoms with Gasteiger partial charge in [0.15, 0.2) is 11.0 Å². The number of rotatable bonds is 5. The van der Waals surface area contributed by atoms with Gasteiger partial charge in [0, 0.05) is 24.9 Å². The van der Waals surface area contributed by atoms with Crippen LogP contribution in [0, 0.1) is 10.1 Å². The van der Waals surface area contributed by atoms with Crippen LogP contribution in [0.5, 0.6) is 0 Å². The maximum atomic E-state index is 10.6. The quantitative estimate of drug-likeness (QED) is 0.516. The molecule has 106 valence electrons. The minimum atomic E-state index is -0.487. The van der Waals surface area contributed by atoms with Gasteiger partial charge in [0.1, 0.15) is 6.61 Å². The van der Waals surface area contributed by atoms with E-state index in [1.807, 2.05) is 0 Å². The van der Waals surface area contributed by atoms with E-state index in [2.05, 4.69) is 10.2 Å². The second-order valence-corrected chi connectivity index (χ2v) is 5.29. The van der Waals surface area contributed by atoms with Gasteiger partial charge < -0.3 is 9.67 Å². The van der Waals surface area contributed by atoms with Crippen LogP contribution in [-0.2, 0) is 19.4 Å². The first-order valence-corrected chi connectivity index (χ1v) is 6.94. The molecule has 0 saturated carbocycles. The summed E-state index contributed by atoms with van der Waals surface area (Å²) < 4.78 is 1.68. The Morgan fingerprint density at radius 3 is 2.80 bits per heavy atom. The fraction of sp³-hybridized carbons (Fsp3) is 0.273. The van der Waals surface area contributed by atoms with Crippen LogP contribution < -0.4 is 0 Å². The first-order chi connectivity index (χ1) is 9.52. The van der Waals surface area contributed by atoms with Gasteiger partial charge in [-0.25, -0.2) is 0 Å². The molecule has 20 heavy (non-hydrogen) atoms. The summed E-state index contributed by atoms with van der Waals surface area (Å²) in [6, 6.07) is 4.36. The molecule has 0 aliphatic heterocycles. The van der Waals surface area contributed by atoms with E-state index in [1.165, 1.54) is 23.9 Å². The third-order valence-corrected chi connectivity index (χ3v) is 4.09. The van der Waals surface area contributed by atoms with E-state index in [-0.39, 0.29) is 12.3 Å². The minimum absolute atomic E-state index is 0.0371. The number of thioether (sulfide) groups is 1. The molecule has 7 nitrogen and oxygen atoms in total. The summed E-state index contributed by atoms with van der Waals surface area (Å²) in [5.74, 6) is 0.983. The zero-order chi connectivity index (χ0) is 14.7. The molecule has 9 heteroatoms. The highest BCUT2D eigenvalue weighted by atomic mass is 35.5. The summed E-state index contributed by atoms with van der Waals surface area (Å²) in [5.41, 5.74) is 0.737. The summed E-state index contributed by atoms with van der Waals surface area (Å²) in [6.45, 7) is -0.178. The van der Waals surface area contributed by atoms with E-state index >= 15 is 0 Å². The van der Waals surface area contributed by atoms with Crippen molar-refractivity contribution in [3.05, 3.63) is 44.7 Å². The number of benzene rings is 1. The zero-order valence-electron chi connectivity index (χ0n) is 10.5. The van der Waals surface area contributed by atoms with Gasteiger partial charge in [-0.3, -0.25) is 10.1 Å². The Balaban J connectivity index is 2.11. The SMILES string of the molecule is Cn1c(CO)nnc1SCc1ccc([N+](=O)[O-])cc1Cl. The van der Waals surface area contributed by atoms with E-state index in [0.717, 1.165) is 5.56 Å². The van der Waals surface area contributed by atoms with Crippen molar-refractivity contribution in [3.63, 3.8) is 0 Å². The molecular formula is C11H11ClN4O3S. The number of nitro benzene ring substituents is 1. The van der Waals surface area contributed by atoms with Crippen molar-refractivity contribution in [2.24, 2.45) is 7.05 Å². The maximum Gasteiger partial charge on any atom is 0.270 e. The Kier molecular flexibility index (Phi) is 4.58. The second-order valence-electron chi connectivity index (χ2n) is 3.94. The molecule has 0 bridgehead atoms. The fourth-order valence-electron chi connectivity index (χ4n) is 1.52. The van der Waals surface area contributed by atoms with Gasteiger partial charge in [-0.15, -0.1) is 10.2 Å². The number of aliphatic hydroxyl groups is 1. The summed E-state index contributed by atoms with van der Waals surface area (Å²) in [7, 11) is 1.76. The van der Waals surface area contributed by atoms with Gasteiger partial charge in [-0.2, -0.15) is 0 Å². The lowest BCUT2D eigenvalue weighted by Crippen LogP contribution is -1.98. The molecule has 1 aromatic carbocycles. The Bertz CT molecular complexity index is 647. The van der Waals surface area contributed by atoms with Crippen molar-refractivity contribution < 1.29 is 10.0 Å². The molecule has 1 heterocycles. The Hall–Kier alpha value is -1.64. The van der Waals surface area contributed by atoms with Crippen LogP contribution >= 0.6 is 23.4 Å². The molecule has 0 fully saturated rings. The number of aliphatic hydroxyl groups excluding tert-OH is 1. The van der Waals surface area contributed by atoms with Gasteiger partial charge in [0.05, 0.1) is 9.95 Å². The van der Waals surface area contributed by atoms with E-state index in [4.69, 9.17) is 16.7 Å². The van der Waals surface area contributed by atoms with E-state index in [9.17, 15) is 10.1 Å². The Morgan fingerprint density at radius 1 is 1.50 bits per heavy atom. The first-order valence-electron chi connectivity index (χ1n) is 5.57. The normalized spacial score (nSPS) is 10.8. The van der Waals surface area contributed by atoms with Crippen molar-refractivity contribution in [2.75, 3.05) is 0 Å². The van der Waals surface area contributed by atoms with Gasteiger partial charge in [0.2, 0.25) is 0 Å². The molecule has 1 N–H and O–H groups in total. The molecule has 0 atom stereocenters. The lowest BCUT2D eigenvalue weighted by atomic mass is 10.2. The summed E-state index contributed by atoms with van der Waals surface area (Å²) in [5, 5.41) is 28.4. The number of nitro groups is 1. The molecule has 2 aromatic rings. The fourth-order valence-corrected chi connectivity index (χ4v) is 2.77. The van der Waals surface area contributed by atoms with E-state index in [0.29, 0.717) is 21.8 Å². The molecular weight excluding hydrogens is 304 g/mol. The monoisotopic (exact) mass is 314 g/mol. The van der Waals surface area contributed by atoms with Crippen LogP contribution in [0.1, 0.15) is 11.4 Å². The highest BCUT2D eigenvalue weighted by molar-refractivity contribution is 7.98. The summed E-state index contributed by atoms with van der Waals surface area (Å²) in [6.07, 6.45) is 0. The van der Waals surface area contributed by atoms with Crippen LogP contribution in [0.4, 0.5) is 5.69 Å². The van der Waals surface area contributed by atoms with Crippen molar-refractivity contribution in [3.8, 4) is 0 Å². The average molecular weight is 315 g/mol. The topological polar surface area (TPSA) is 94.1 Å². The van der Waals surface area contributed by atoms with E-state index < -0.39 is 4.92 Å². The largest absolute Gasteiger partial charge is 0.388 e. The van der Waals surface area contributed by atoms with Crippen LogP contribution in [0.15, 0.2) is 23.4 Å². The van der Waals surface area contributed by atoms with Crippen LogP contribution in [0.25, 0.3) is 0 Å². The maximum absolute atomic E-state index is 10.6. The third kappa shape index (κ3) is 3.09. The molecule has 0 aliphatic carbocycles. The van der Waals surface area contributed by atoms with Gasteiger partial charge >= 0.3 is 0 Å². The molecule has 0 saturated heterocycles. The standard InChI is InChI=1S/C11H11ClN4O3S/c1-15-10(5-17)13-14-11(15)20-6-7-2-3-8(16(18)19)4-9(7)12/h2-4,17H,5-6H2,1H3. The van der Waals surface area contributed by atoms with Crippen molar-refractivity contribution >= 4 is 29.1 Å². The number of nitrogens with zero attached hydrogens (tertiary/aromatic N) is 4. The third-order valence-electron chi connectivity index (χ3n) is 2.67. The molecule has 0 amide bonds. The van der Waals surface area contributed by atoms with Crippen molar-refractivity contribution in [2.45, 2.75) is 17.5 Å². The summed E-state index contributed by atoms with van der Waals surface area (Å²) >= 11 is 7.40. The molecule has 0 aliphatic rings. The number of aromatic nitrogens is 3. The molecule has 1 aromatic heterocycles. The van der Waals surface area contributed by atoms with Crippen molar-refractivity contribution in [1.82, 2.24) is 14.8 Å². The predicted octanol–water partition coefficient (Wildman–Crippen LogP) is 2.16. The minimum Gasteiger partial charge on any atom is -0.388 e. The number of halogens is 1. The lowest BCUT2D eigenvalue weighted by molar-refractivity contribution is -0.384. The number of non-ortho nitro benzene ring substituents is 1. The van der Waals surface area contributed by atoms with Gasteiger partial charge in [-0.1, -0.05) is 23.4 Å². The smallest absolute Gasteiger partial charge is 0.270 e. The number of hydrogen-bond acceptors (Lipinski definition) is 6. The van der Waals surface area contributed by atoms with E-state index in [1.54, 1.807) is 17.7 Å². The zero-order valence-corrected chi connectivity index (χ0v) is 12.1. The Morgan fingerprint density at radius 2 is 2.25 bits per heavy atom. The molecule has 2 rings (SSSR count). The van der Waals surface area contributed by atoms with Crippen LogP contribution in [0.2, 0.25) is 5.02 Å². The molecule has 0 unspecified atom stereocenters. The second kappa shape index (κ2) is 6.21. The predicted molar refractivity (Wildman–Crippen MR) is 74.6 cm³/mol. The molecule has 0 radical (unpaired) electrons. The first kappa shape index (κ1) is 14.8. The Labute approximate surface area is 123 Å². The van der Waals surface area contributed by atoms with Gasteiger partial charge in [-0.05, 0) is 11.6 Å². The van der Waals surface area contributed by atoms with Crippen LogP contribution in [0.3, 0.4) is 0 Å². The average Bonchev–Trinajstić information content (AvgIpc) is 2.77. The van der Waals surface area contributed by atoms with Crippen molar-refractivity contribution in [1.29, 1.82) is 0 Å². The van der Waals surface area contributed by atoms with Gasteiger partial charge in [0.25, 0.3) is 5.69 Å². The lowest BCUT2D eigenvalue weighted by Gasteiger charge is -2.04. The highest BCUT2D eigenvalue weighted by Gasteiger charge is 2.12.